The number of hydrogen-bond acceptors (Lipinski definition) is 6. The van der Waals surface area contributed by atoms with Crippen molar-refractivity contribution in [1.82, 2.24) is 14.1 Å². The normalized spacial score (nSPS) is 14.1. The van der Waals surface area contributed by atoms with Crippen molar-refractivity contribution >= 4 is 16.0 Å². The van der Waals surface area contributed by atoms with Crippen LogP contribution >= 0.6 is 0 Å². The SMILES string of the molecule is CCOC(=O)c1nn(-c2ccc(OC)cc2)c2c1CN(S(=O)(=O)c1ccc(F)cc1)CC2. The Morgan fingerprint density at radius 2 is 1.81 bits per heavy atom. The van der Waals surface area contributed by atoms with Crippen LogP contribution in [0.15, 0.2) is 53.4 Å². The number of carbonyl (C=O) groups excluding carboxylic acids is 1. The highest BCUT2D eigenvalue weighted by atomic mass is 32.2. The number of halogens is 1. The van der Waals surface area contributed by atoms with Crippen LogP contribution in [0.4, 0.5) is 4.39 Å². The summed E-state index contributed by atoms with van der Waals surface area (Å²) >= 11 is 0. The Morgan fingerprint density at radius 3 is 2.44 bits per heavy atom. The molecule has 4 rings (SSSR count). The van der Waals surface area contributed by atoms with Crippen molar-refractivity contribution in [2.45, 2.75) is 24.8 Å². The summed E-state index contributed by atoms with van der Waals surface area (Å²) in [5.74, 6) is -0.454. The van der Waals surface area contributed by atoms with Gasteiger partial charge in [-0.3, -0.25) is 0 Å². The fourth-order valence-electron chi connectivity index (χ4n) is 3.66. The van der Waals surface area contributed by atoms with Gasteiger partial charge in [-0.15, -0.1) is 0 Å². The molecule has 168 valence electrons. The minimum Gasteiger partial charge on any atom is -0.497 e. The van der Waals surface area contributed by atoms with Crippen LogP contribution in [0.3, 0.4) is 0 Å². The Labute approximate surface area is 185 Å². The molecule has 1 aliphatic rings. The molecule has 1 aliphatic heterocycles. The number of carbonyl (C=O) groups is 1. The molecule has 2 aromatic carbocycles. The van der Waals surface area contributed by atoms with Gasteiger partial charge in [-0.2, -0.15) is 9.40 Å². The Kier molecular flexibility index (Phi) is 5.98. The molecule has 0 fully saturated rings. The number of methoxy groups -OCH3 is 1. The number of aromatic nitrogens is 2. The predicted octanol–water partition coefficient (Wildman–Crippen LogP) is 2.94. The monoisotopic (exact) mass is 459 g/mol. The molecule has 0 N–H and O–H groups in total. The van der Waals surface area contributed by atoms with E-state index in [0.717, 1.165) is 17.8 Å². The first-order valence-electron chi connectivity index (χ1n) is 10.0. The quantitative estimate of drug-likeness (QED) is 0.527. The number of ether oxygens (including phenoxy) is 2. The lowest BCUT2D eigenvalue weighted by Crippen LogP contribution is -2.36. The van der Waals surface area contributed by atoms with E-state index in [4.69, 9.17) is 9.47 Å². The van der Waals surface area contributed by atoms with Gasteiger partial charge < -0.3 is 9.47 Å². The molecular weight excluding hydrogens is 437 g/mol. The van der Waals surface area contributed by atoms with Gasteiger partial charge in [0.15, 0.2) is 5.69 Å². The number of nitrogens with zero attached hydrogens (tertiary/aromatic N) is 3. The van der Waals surface area contributed by atoms with Crippen molar-refractivity contribution in [2.75, 3.05) is 20.3 Å². The molecule has 0 aliphatic carbocycles. The van der Waals surface area contributed by atoms with Crippen molar-refractivity contribution in [2.24, 2.45) is 0 Å². The molecule has 10 heteroatoms. The van der Waals surface area contributed by atoms with Crippen LogP contribution in [0.1, 0.15) is 28.7 Å². The van der Waals surface area contributed by atoms with Gasteiger partial charge in [0.05, 0.1) is 30.0 Å². The molecule has 0 bridgehead atoms. The first-order chi connectivity index (χ1) is 15.3. The van der Waals surface area contributed by atoms with E-state index in [0.29, 0.717) is 23.4 Å². The highest BCUT2D eigenvalue weighted by molar-refractivity contribution is 7.89. The molecule has 3 aromatic rings. The van der Waals surface area contributed by atoms with E-state index in [9.17, 15) is 17.6 Å². The van der Waals surface area contributed by atoms with Crippen LogP contribution in [0, 0.1) is 5.82 Å². The summed E-state index contributed by atoms with van der Waals surface area (Å²) in [5.41, 5.74) is 2.03. The maximum atomic E-state index is 13.3. The molecule has 0 saturated carbocycles. The molecule has 0 spiro atoms. The van der Waals surface area contributed by atoms with Crippen molar-refractivity contribution in [3.8, 4) is 11.4 Å². The topological polar surface area (TPSA) is 90.7 Å². The Balaban J connectivity index is 1.75. The van der Waals surface area contributed by atoms with Gasteiger partial charge in [0, 0.05) is 25.1 Å². The summed E-state index contributed by atoms with van der Waals surface area (Å²) in [4.78, 5) is 12.6. The molecule has 0 saturated heterocycles. The number of fused-ring (bicyclic) bond motifs is 1. The maximum absolute atomic E-state index is 13.3. The van der Waals surface area contributed by atoms with Gasteiger partial charge in [0.2, 0.25) is 10.0 Å². The van der Waals surface area contributed by atoms with Crippen molar-refractivity contribution in [3.05, 3.63) is 71.3 Å². The lowest BCUT2D eigenvalue weighted by Gasteiger charge is -2.27. The van der Waals surface area contributed by atoms with E-state index < -0.39 is 21.8 Å². The minimum atomic E-state index is -3.88. The van der Waals surface area contributed by atoms with Gasteiger partial charge in [-0.1, -0.05) is 0 Å². The summed E-state index contributed by atoms with van der Waals surface area (Å²) in [6, 6.07) is 11.8. The highest BCUT2D eigenvalue weighted by Crippen LogP contribution is 2.30. The van der Waals surface area contributed by atoms with Gasteiger partial charge in [0.25, 0.3) is 0 Å². The summed E-state index contributed by atoms with van der Waals surface area (Å²) < 4.78 is 52.7. The van der Waals surface area contributed by atoms with E-state index in [2.05, 4.69) is 5.10 Å². The van der Waals surface area contributed by atoms with Crippen LogP contribution < -0.4 is 4.74 Å². The number of rotatable bonds is 6. The fourth-order valence-corrected chi connectivity index (χ4v) is 5.06. The van der Waals surface area contributed by atoms with Crippen molar-refractivity contribution in [1.29, 1.82) is 0 Å². The van der Waals surface area contributed by atoms with Crippen LogP contribution in [0.25, 0.3) is 5.69 Å². The predicted molar refractivity (Wildman–Crippen MR) is 114 cm³/mol. The van der Waals surface area contributed by atoms with E-state index in [1.165, 1.54) is 16.4 Å². The second-order valence-corrected chi connectivity index (χ2v) is 9.08. The van der Waals surface area contributed by atoms with Crippen LogP contribution in [-0.4, -0.2) is 48.7 Å². The second-order valence-electron chi connectivity index (χ2n) is 7.15. The minimum absolute atomic E-state index is 0.0115. The molecule has 0 atom stereocenters. The Morgan fingerprint density at radius 1 is 1.12 bits per heavy atom. The van der Waals surface area contributed by atoms with E-state index in [1.54, 1.807) is 30.8 Å². The molecule has 32 heavy (non-hydrogen) atoms. The standard InChI is InChI=1S/C22H22FN3O5S/c1-3-31-22(27)21-19-14-25(32(28,29)18-10-4-15(23)5-11-18)13-12-20(19)26(24-21)16-6-8-17(30-2)9-7-16/h4-11H,3,12-14H2,1-2H3. The van der Waals surface area contributed by atoms with E-state index in [-0.39, 0.29) is 30.3 Å². The third kappa shape index (κ3) is 3.98. The summed E-state index contributed by atoms with van der Waals surface area (Å²) in [5, 5.41) is 4.47. The molecule has 0 amide bonds. The molecule has 0 unspecified atom stereocenters. The third-order valence-electron chi connectivity index (χ3n) is 5.26. The molecule has 1 aromatic heterocycles. The second kappa shape index (κ2) is 8.71. The number of benzene rings is 2. The summed E-state index contributed by atoms with van der Waals surface area (Å²) in [6.45, 7) is 2.01. The summed E-state index contributed by atoms with van der Waals surface area (Å²) in [6.07, 6.45) is 0.341. The number of sulfonamides is 1. The first kappa shape index (κ1) is 22.0. The lowest BCUT2D eigenvalue weighted by atomic mass is 10.1. The van der Waals surface area contributed by atoms with E-state index >= 15 is 0 Å². The van der Waals surface area contributed by atoms with Crippen LogP contribution in [0.5, 0.6) is 5.75 Å². The molecule has 0 radical (unpaired) electrons. The number of esters is 1. The molecular formula is C22H22FN3O5S. The maximum Gasteiger partial charge on any atom is 0.359 e. The third-order valence-corrected chi connectivity index (χ3v) is 7.12. The van der Waals surface area contributed by atoms with Gasteiger partial charge in [-0.05, 0) is 55.5 Å². The fraction of sp³-hybridized carbons (Fsp3) is 0.273. The molecule has 2 heterocycles. The van der Waals surface area contributed by atoms with Gasteiger partial charge in [0.1, 0.15) is 11.6 Å². The Bertz CT molecular complexity index is 1240. The van der Waals surface area contributed by atoms with Crippen molar-refractivity contribution in [3.63, 3.8) is 0 Å². The van der Waals surface area contributed by atoms with Crippen LogP contribution in [-0.2, 0) is 27.7 Å². The smallest absolute Gasteiger partial charge is 0.359 e. The average molecular weight is 459 g/mol. The molecule has 8 nitrogen and oxygen atoms in total. The highest BCUT2D eigenvalue weighted by Gasteiger charge is 2.34. The lowest BCUT2D eigenvalue weighted by molar-refractivity contribution is 0.0517. The summed E-state index contributed by atoms with van der Waals surface area (Å²) in [7, 11) is -2.31. The van der Waals surface area contributed by atoms with E-state index in [1.807, 2.05) is 12.1 Å². The van der Waals surface area contributed by atoms with Gasteiger partial charge >= 0.3 is 5.97 Å². The van der Waals surface area contributed by atoms with Crippen molar-refractivity contribution < 1.29 is 27.1 Å². The van der Waals surface area contributed by atoms with Gasteiger partial charge in [-0.25, -0.2) is 22.3 Å². The average Bonchev–Trinajstić information content (AvgIpc) is 3.18. The van der Waals surface area contributed by atoms with Crippen LogP contribution in [0.2, 0.25) is 0 Å². The zero-order valence-corrected chi connectivity index (χ0v) is 18.4. The Hall–Kier alpha value is -3.24. The first-order valence-corrected chi connectivity index (χ1v) is 11.5. The zero-order valence-electron chi connectivity index (χ0n) is 17.6. The number of hydrogen-bond donors (Lipinski definition) is 0. The largest absolute Gasteiger partial charge is 0.497 e. The zero-order chi connectivity index (χ0) is 22.9.